The van der Waals surface area contributed by atoms with Gasteiger partial charge in [0.1, 0.15) is 17.9 Å². The van der Waals surface area contributed by atoms with Crippen molar-refractivity contribution in [1.82, 2.24) is 14.5 Å². The minimum absolute atomic E-state index is 0.0207. The second kappa shape index (κ2) is 13.1. The Morgan fingerprint density at radius 2 is 1.39 bits per heavy atom. The molecule has 0 aliphatic rings. The van der Waals surface area contributed by atoms with Crippen LogP contribution in [-0.2, 0) is 16.1 Å². The summed E-state index contributed by atoms with van der Waals surface area (Å²) >= 11 is 0. The number of nitrogens with zero attached hydrogens (tertiary/aromatic N) is 3. The fraction of sp³-hybridized carbons (Fsp3) is 0.182. The number of hydrogen-bond acceptors (Lipinski definition) is 10. The highest BCUT2D eigenvalue weighted by molar-refractivity contribution is 6.18. The normalized spacial score (nSPS) is 10.7. The average Bonchev–Trinajstić information content (AvgIpc) is 3.35. The molecule has 0 aliphatic heterocycles. The summed E-state index contributed by atoms with van der Waals surface area (Å²) in [7, 11) is 2.84. The summed E-state index contributed by atoms with van der Waals surface area (Å²) < 4.78 is 29.0. The van der Waals surface area contributed by atoms with Gasteiger partial charge in [0.15, 0.2) is 0 Å². The van der Waals surface area contributed by atoms with Crippen LogP contribution in [0, 0.1) is 6.92 Å². The first-order chi connectivity index (χ1) is 21.4. The first-order valence-corrected chi connectivity index (χ1v) is 13.7. The minimum atomic E-state index is -0.806. The highest BCUT2D eigenvalue weighted by Gasteiger charge is 2.32. The fourth-order valence-electron chi connectivity index (χ4n) is 4.73. The van der Waals surface area contributed by atoms with Crippen LogP contribution >= 0.6 is 0 Å². The zero-order valence-corrected chi connectivity index (χ0v) is 24.5. The van der Waals surface area contributed by atoms with Crippen LogP contribution in [0.3, 0.4) is 0 Å². The highest BCUT2D eigenvalue weighted by Crippen LogP contribution is 2.38. The van der Waals surface area contributed by atoms with E-state index >= 15 is 0 Å². The van der Waals surface area contributed by atoms with Crippen molar-refractivity contribution >= 4 is 28.7 Å². The minimum Gasteiger partial charge on any atom is -0.481 e. The SMILES string of the molecule is CCOC(=O)c1c(C)n(C(=O)c2ccccc2)c2ccc(Oc3nc(OC)cc(OC)n3)c(C(=O)OCc3ccccc3)c12. The molecule has 5 aromatic rings. The Morgan fingerprint density at radius 3 is 2.00 bits per heavy atom. The Labute approximate surface area is 252 Å². The number of carbonyl (C=O) groups is 3. The standard InChI is InChI=1S/C33H29N3O8/c1-5-42-31(38)27-20(2)36(30(37)22-14-10-7-11-15-22)23-16-17-24(44-33-34-25(40-3)18-26(35-33)41-4)29(28(23)27)32(39)43-19-21-12-8-6-9-13-21/h6-18H,5,19H2,1-4H3. The van der Waals surface area contributed by atoms with Crippen LogP contribution in [0.2, 0.25) is 0 Å². The van der Waals surface area contributed by atoms with Gasteiger partial charge in [-0.05, 0) is 43.7 Å². The van der Waals surface area contributed by atoms with Crippen molar-refractivity contribution in [3.8, 4) is 23.5 Å². The molecule has 0 saturated carbocycles. The van der Waals surface area contributed by atoms with Gasteiger partial charge in [0, 0.05) is 16.6 Å². The number of benzene rings is 3. The number of hydrogen-bond donors (Lipinski definition) is 0. The van der Waals surface area contributed by atoms with Crippen LogP contribution in [0.5, 0.6) is 23.5 Å². The van der Waals surface area contributed by atoms with Crippen molar-refractivity contribution in [2.24, 2.45) is 0 Å². The molecule has 0 radical (unpaired) electrons. The lowest BCUT2D eigenvalue weighted by Crippen LogP contribution is -2.14. The molecule has 0 spiro atoms. The Hall–Kier alpha value is -5.71. The lowest BCUT2D eigenvalue weighted by atomic mass is 10.0. The zero-order valence-electron chi connectivity index (χ0n) is 24.5. The van der Waals surface area contributed by atoms with Gasteiger partial charge in [-0.3, -0.25) is 9.36 Å². The number of ether oxygens (including phenoxy) is 5. The van der Waals surface area contributed by atoms with E-state index in [-0.39, 0.29) is 64.5 Å². The van der Waals surface area contributed by atoms with Crippen LogP contribution in [0.1, 0.15) is 49.3 Å². The second-order valence-electron chi connectivity index (χ2n) is 9.42. The van der Waals surface area contributed by atoms with Crippen LogP contribution in [0.25, 0.3) is 10.9 Å². The van der Waals surface area contributed by atoms with Gasteiger partial charge in [0.05, 0.1) is 38.0 Å². The van der Waals surface area contributed by atoms with Crippen molar-refractivity contribution in [2.75, 3.05) is 20.8 Å². The van der Waals surface area contributed by atoms with Crippen molar-refractivity contribution in [1.29, 1.82) is 0 Å². The first-order valence-electron chi connectivity index (χ1n) is 13.7. The maximum absolute atomic E-state index is 13.9. The van der Waals surface area contributed by atoms with Gasteiger partial charge in [-0.25, -0.2) is 9.59 Å². The second-order valence-corrected chi connectivity index (χ2v) is 9.42. The van der Waals surface area contributed by atoms with Crippen LogP contribution in [-0.4, -0.2) is 53.2 Å². The first kappa shape index (κ1) is 29.8. The number of rotatable bonds is 10. The summed E-state index contributed by atoms with van der Waals surface area (Å²) in [5.41, 5.74) is 1.59. The molecule has 0 unspecified atom stereocenters. The molecule has 224 valence electrons. The van der Waals surface area contributed by atoms with E-state index in [1.165, 1.54) is 30.9 Å². The predicted octanol–water partition coefficient (Wildman–Crippen LogP) is 5.77. The summed E-state index contributed by atoms with van der Waals surface area (Å²) in [5, 5.41) is 0.121. The van der Waals surface area contributed by atoms with E-state index < -0.39 is 17.8 Å². The van der Waals surface area contributed by atoms with E-state index in [1.54, 1.807) is 50.2 Å². The molecule has 0 amide bonds. The molecule has 2 aromatic heterocycles. The van der Waals surface area contributed by atoms with Gasteiger partial charge in [0.25, 0.3) is 5.91 Å². The van der Waals surface area contributed by atoms with E-state index in [0.29, 0.717) is 5.56 Å². The molecule has 0 fully saturated rings. The fourth-order valence-corrected chi connectivity index (χ4v) is 4.73. The Kier molecular flexibility index (Phi) is 8.85. The Balaban J connectivity index is 1.74. The molecule has 0 bridgehead atoms. The van der Waals surface area contributed by atoms with Gasteiger partial charge >= 0.3 is 17.9 Å². The molecule has 11 nitrogen and oxygen atoms in total. The van der Waals surface area contributed by atoms with Crippen LogP contribution in [0.15, 0.2) is 78.9 Å². The number of methoxy groups -OCH3 is 2. The third kappa shape index (κ3) is 5.93. The summed E-state index contributed by atoms with van der Waals surface area (Å²) in [5.74, 6) is -1.64. The number of esters is 2. The summed E-state index contributed by atoms with van der Waals surface area (Å²) in [6.45, 7) is 3.29. The van der Waals surface area contributed by atoms with E-state index in [1.807, 2.05) is 30.3 Å². The Bertz CT molecular complexity index is 1810. The molecule has 44 heavy (non-hydrogen) atoms. The zero-order chi connectivity index (χ0) is 31.2. The lowest BCUT2D eigenvalue weighted by molar-refractivity contribution is 0.0472. The van der Waals surface area contributed by atoms with Crippen molar-refractivity contribution in [3.63, 3.8) is 0 Å². The molecule has 0 aliphatic carbocycles. The van der Waals surface area contributed by atoms with E-state index in [4.69, 9.17) is 23.7 Å². The number of aromatic nitrogens is 3. The maximum Gasteiger partial charge on any atom is 0.343 e. The van der Waals surface area contributed by atoms with Crippen molar-refractivity contribution in [2.45, 2.75) is 20.5 Å². The van der Waals surface area contributed by atoms with E-state index in [2.05, 4.69) is 9.97 Å². The molecule has 0 saturated heterocycles. The molecule has 5 rings (SSSR count). The van der Waals surface area contributed by atoms with Gasteiger partial charge in [-0.1, -0.05) is 48.5 Å². The summed E-state index contributed by atoms with van der Waals surface area (Å²) in [6.07, 6.45) is 0. The third-order valence-electron chi connectivity index (χ3n) is 6.73. The molecular formula is C33H29N3O8. The van der Waals surface area contributed by atoms with E-state index in [0.717, 1.165) is 5.56 Å². The quantitative estimate of drug-likeness (QED) is 0.184. The molecule has 3 aromatic carbocycles. The third-order valence-corrected chi connectivity index (χ3v) is 6.73. The highest BCUT2D eigenvalue weighted by atomic mass is 16.5. The van der Waals surface area contributed by atoms with Gasteiger partial charge in [0.2, 0.25) is 11.8 Å². The largest absolute Gasteiger partial charge is 0.481 e. The van der Waals surface area contributed by atoms with Crippen LogP contribution < -0.4 is 14.2 Å². The van der Waals surface area contributed by atoms with E-state index in [9.17, 15) is 14.4 Å². The lowest BCUT2D eigenvalue weighted by Gasteiger charge is -2.14. The monoisotopic (exact) mass is 595 g/mol. The molecule has 0 atom stereocenters. The average molecular weight is 596 g/mol. The number of fused-ring (bicyclic) bond motifs is 1. The van der Waals surface area contributed by atoms with Crippen molar-refractivity contribution < 1.29 is 38.1 Å². The topological polar surface area (TPSA) is 128 Å². The van der Waals surface area contributed by atoms with Gasteiger partial charge < -0.3 is 23.7 Å². The predicted molar refractivity (Wildman–Crippen MR) is 160 cm³/mol. The Morgan fingerprint density at radius 1 is 0.773 bits per heavy atom. The number of carbonyl (C=O) groups excluding carboxylic acids is 3. The molecule has 0 N–H and O–H groups in total. The summed E-state index contributed by atoms with van der Waals surface area (Å²) in [4.78, 5) is 49.6. The molecule has 11 heteroatoms. The summed E-state index contributed by atoms with van der Waals surface area (Å²) in [6, 6.07) is 22.0. The van der Waals surface area contributed by atoms with Gasteiger partial charge in [-0.2, -0.15) is 9.97 Å². The van der Waals surface area contributed by atoms with Gasteiger partial charge in [-0.15, -0.1) is 0 Å². The molecular weight excluding hydrogens is 566 g/mol. The maximum atomic E-state index is 13.9. The van der Waals surface area contributed by atoms with Crippen molar-refractivity contribution in [3.05, 3.63) is 107 Å². The molecule has 2 heterocycles. The van der Waals surface area contributed by atoms with Crippen LogP contribution in [0.4, 0.5) is 0 Å². The smallest absolute Gasteiger partial charge is 0.343 e.